The maximum absolute atomic E-state index is 13.1. The van der Waals surface area contributed by atoms with Crippen molar-refractivity contribution in [2.75, 3.05) is 18.1 Å². The molecule has 2 aliphatic carbocycles. The van der Waals surface area contributed by atoms with E-state index in [4.69, 9.17) is 5.73 Å². The summed E-state index contributed by atoms with van der Waals surface area (Å²) in [7, 11) is -1.74. The fourth-order valence-corrected chi connectivity index (χ4v) is 6.25. The van der Waals surface area contributed by atoms with Crippen molar-refractivity contribution < 1.29 is 13.2 Å². The van der Waals surface area contributed by atoms with Gasteiger partial charge in [-0.3, -0.25) is 0 Å². The maximum Gasteiger partial charge on any atom is 0.318 e. The van der Waals surface area contributed by atoms with Crippen LogP contribution in [0.1, 0.15) is 37.8 Å². The van der Waals surface area contributed by atoms with Crippen LogP contribution in [0.25, 0.3) is 11.4 Å². The number of nitrogens with one attached hydrogen (secondary N) is 2. The van der Waals surface area contributed by atoms with Gasteiger partial charge in [-0.1, -0.05) is 0 Å². The SMILES string of the molecule is CNC(=O)Nc1ccc(-c2nc(N)cc(C3(S(=O)(=O)C4CC4)CCC3)n2)cc1. The summed E-state index contributed by atoms with van der Waals surface area (Å²) in [5.74, 6) is 0.642. The Balaban J connectivity index is 1.69. The van der Waals surface area contributed by atoms with E-state index in [0.717, 1.165) is 19.3 Å². The van der Waals surface area contributed by atoms with Crippen molar-refractivity contribution in [2.24, 2.45) is 0 Å². The van der Waals surface area contributed by atoms with E-state index in [1.807, 2.05) is 0 Å². The number of anilines is 2. The minimum absolute atomic E-state index is 0.248. The highest BCUT2D eigenvalue weighted by atomic mass is 32.2. The number of nitrogens with zero attached hydrogens (tertiary/aromatic N) is 2. The summed E-state index contributed by atoms with van der Waals surface area (Å²) in [6.07, 6.45) is 3.49. The third-order valence-corrected chi connectivity index (χ3v) is 8.57. The Labute approximate surface area is 163 Å². The molecule has 0 spiro atoms. The van der Waals surface area contributed by atoms with Crippen LogP contribution in [0.5, 0.6) is 0 Å². The lowest BCUT2D eigenvalue weighted by Gasteiger charge is -2.40. The van der Waals surface area contributed by atoms with Gasteiger partial charge in [-0.15, -0.1) is 0 Å². The van der Waals surface area contributed by atoms with E-state index in [1.54, 1.807) is 30.3 Å². The molecule has 2 saturated carbocycles. The summed E-state index contributed by atoms with van der Waals surface area (Å²) in [4.78, 5) is 20.3. The quantitative estimate of drug-likeness (QED) is 0.706. The van der Waals surface area contributed by atoms with E-state index < -0.39 is 14.6 Å². The Bertz CT molecular complexity index is 1010. The zero-order valence-electron chi connectivity index (χ0n) is 15.6. The van der Waals surface area contributed by atoms with Crippen LogP contribution in [0, 0.1) is 0 Å². The van der Waals surface area contributed by atoms with Gasteiger partial charge >= 0.3 is 6.03 Å². The largest absolute Gasteiger partial charge is 0.384 e. The van der Waals surface area contributed by atoms with Gasteiger partial charge in [-0.05, 0) is 56.4 Å². The first-order valence-corrected chi connectivity index (χ1v) is 10.9. The molecule has 0 radical (unpaired) electrons. The van der Waals surface area contributed by atoms with E-state index in [1.165, 1.54) is 7.05 Å². The van der Waals surface area contributed by atoms with E-state index in [9.17, 15) is 13.2 Å². The van der Waals surface area contributed by atoms with Crippen molar-refractivity contribution in [3.05, 3.63) is 36.0 Å². The Morgan fingerprint density at radius 1 is 1.18 bits per heavy atom. The minimum atomic E-state index is -3.28. The number of carbonyl (C=O) groups excluding carboxylic acids is 1. The number of sulfone groups is 1. The molecular weight excluding hydrogens is 378 g/mol. The fourth-order valence-electron chi connectivity index (χ4n) is 3.61. The summed E-state index contributed by atoms with van der Waals surface area (Å²) in [5, 5.41) is 4.92. The van der Waals surface area contributed by atoms with Crippen LogP contribution in [0.4, 0.5) is 16.3 Å². The van der Waals surface area contributed by atoms with Gasteiger partial charge in [-0.25, -0.2) is 23.2 Å². The third kappa shape index (κ3) is 3.09. The second-order valence-electron chi connectivity index (χ2n) is 7.38. The summed E-state index contributed by atoms with van der Waals surface area (Å²) in [5.41, 5.74) is 7.84. The Hall–Kier alpha value is -2.68. The van der Waals surface area contributed by atoms with Gasteiger partial charge in [0, 0.05) is 24.4 Å². The number of rotatable bonds is 5. The van der Waals surface area contributed by atoms with Crippen molar-refractivity contribution in [3.8, 4) is 11.4 Å². The van der Waals surface area contributed by atoms with Crippen LogP contribution >= 0.6 is 0 Å². The number of carbonyl (C=O) groups is 1. The lowest BCUT2D eigenvalue weighted by atomic mass is 9.81. The summed E-state index contributed by atoms with van der Waals surface area (Å²) in [6.45, 7) is 0. The molecule has 0 bridgehead atoms. The zero-order chi connectivity index (χ0) is 19.9. The second-order valence-corrected chi connectivity index (χ2v) is 9.91. The molecular formula is C19H23N5O3S. The lowest BCUT2D eigenvalue weighted by Crippen LogP contribution is -2.45. The number of benzene rings is 1. The molecule has 1 aromatic heterocycles. The first-order valence-electron chi connectivity index (χ1n) is 9.33. The standard InChI is InChI=1S/C19H23N5O3S/c1-21-18(25)22-13-5-3-12(4-6-13)17-23-15(11-16(20)24-17)19(9-2-10-19)28(26,27)14-7-8-14/h3-6,11,14H,2,7-10H2,1H3,(H2,20,23,24)(H2,21,22,25). The Morgan fingerprint density at radius 2 is 1.86 bits per heavy atom. The van der Waals surface area contributed by atoms with Gasteiger partial charge in [0.05, 0.1) is 10.9 Å². The Kier molecular flexibility index (Phi) is 4.49. The number of nitrogen functional groups attached to an aromatic ring is 1. The molecule has 0 saturated heterocycles. The smallest absolute Gasteiger partial charge is 0.318 e. The zero-order valence-corrected chi connectivity index (χ0v) is 16.4. The fraction of sp³-hybridized carbons (Fsp3) is 0.421. The molecule has 4 rings (SSSR count). The van der Waals surface area contributed by atoms with E-state index in [0.29, 0.717) is 35.6 Å². The van der Waals surface area contributed by atoms with Crippen LogP contribution in [-0.4, -0.2) is 36.7 Å². The monoisotopic (exact) mass is 401 g/mol. The van der Waals surface area contributed by atoms with Crippen molar-refractivity contribution in [2.45, 2.75) is 42.1 Å². The molecule has 0 aliphatic heterocycles. The number of hydrogen-bond acceptors (Lipinski definition) is 6. The highest BCUT2D eigenvalue weighted by Gasteiger charge is 2.57. The molecule has 2 aromatic rings. The number of hydrogen-bond donors (Lipinski definition) is 3. The van der Waals surface area contributed by atoms with Crippen molar-refractivity contribution >= 4 is 27.4 Å². The van der Waals surface area contributed by atoms with E-state index in [-0.39, 0.29) is 17.1 Å². The maximum atomic E-state index is 13.1. The van der Waals surface area contributed by atoms with E-state index in [2.05, 4.69) is 20.6 Å². The summed E-state index contributed by atoms with van der Waals surface area (Å²) < 4.78 is 25.2. The first-order chi connectivity index (χ1) is 13.4. The van der Waals surface area contributed by atoms with Gasteiger partial charge in [0.2, 0.25) is 0 Å². The number of nitrogens with two attached hydrogens (primary N) is 1. The predicted octanol–water partition coefficient (Wildman–Crippen LogP) is 2.43. The molecule has 1 heterocycles. The van der Waals surface area contributed by atoms with Crippen molar-refractivity contribution in [1.29, 1.82) is 0 Å². The van der Waals surface area contributed by atoms with Crippen LogP contribution in [0.3, 0.4) is 0 Å². The van der Waals surface area contributed by atoms with Gasteiger partial charge in [-0.2, -0.15) is 0 Å². The van der Waals surface area contributed by atoms with Crippen LogP contribution in [0.15, 0.2) is 30.3 Å². The number of amides is 2. The van der Waals surface area contributed by atoms with Crippen molar-refractivity contribution in [1.82, 2.24) is 15.3 Å². The third-order valence-electron chi connectivity index (χ3n) is 5.51. The molecule has 148 valence electrons. The number of aromatic nitrogens is 2. The van der Waals surface area contributed by atoms with E-state index >= 15 is 0 Å². The average molecular weight is 401 g/mol. The second kappa shape index (κ2) is 6.73. The van der Waals surface area contributed by atoms with Gasteiger partial charge < -0.3 is 16.4 Å². The topological polar surface area (TPSA) is 127 Å². The van der Waals surface area contributed by atoms with Crippen LogP contribution < -0.4 is 16.4 Å². The highest BCUT2D eigenvalue weighted by Crippen LogP contribution is 2.53. The highest BCUT2D eigenvalue weighted by molar-refractivity contribution is 7.93. The molecule has 2 aliphatic rings. The molecule has 8 nitrogen and oxygen atoms in total. The summed E-state index contributed by atoms with van der Waals surface area (Å²) >= 11 is 0. The number of urea groups is 1. The van der Waals surface area contributed by atoms with Crippen LogP contribution in [0.2, 0.25) is 0 Å². The molecule has 2 amide bonds. The lowest BCUT2D eigenvalue weighted by molar-refractivity contribution is 0.254. The normalized spacial score (nSPS) is 18.2. The predicted molar refractivity (Wildman–Crippen MR) is 107 cm³/mol. The van der Waals surface area contributed by atoms with Gasteiger partial charge in [0.25, 0.3) is 0 Å². The van der Waals surface area contributed by atoms with Crippen LogP contribution in [-0.2, 0) is 14.6 Å². The Morgan fingerprint density at radius 3 is 2.39 bits per heavy atom. The summed E-state index contributed by atoms with van der Waals surface area (Å²) in [6, 6.07) is 8.30. The molecule has 0 unspecified atom stereocenters. The molecule has 4 N–H and O–H groups in total. The van der Waals surface area contributed by atoms with Gasteiger partial charge in [0.15, 0.2) is 15.7 Å². The van der Waals surface area contributed by atoms with Gasteiger partial charge in [0.1, 0.15) is 10.6 Å². The molecule has 9 heteroatoms. The van der Waals surface area contributed by atoms with Crippen molar-refractivity contribution in [3.63, 3.8) is 0 Å². The molecule has 28 heavy (non-hydrogen) atoms. The molecule has 1 aromatic carbocycles. The minimum Gasteiger partial charge on any atom is -0.384 e. The first kappa shape index (κ1) is 18.7. The average Bonchev–Trinajstić information content (AvgIpc) is 3.46. The molecule has 0 atom stereocenters. The molecule has 2 fully saturated rings.